The van der Waals surface area contributed by atoms with Crippen LogP contribution in [0.3, 0.4) is 0 Å². The van der Waals surface area contributed by atoms with Gasteiger partial charge in [0.15, 0.2) is 0 Å². The van der Waals surface area contributed by atoms with Gasteiger partial charge in [0.05, 0.1) is 28.7 Å². The van der Waals surface area contributed by atoms with Gasteiger partial charge in [-0.25, -0.2) is 4.68 Å². The van der Waals surface area contributed by atoms with Crippen LogP contribution in [0.5, 0.6) is 0 Å². The Bertz CT molecular complexity index is 840. The zero-order chi connectivity index (χ0) is 16.2. The third kappa shape index (κ3) is 3.23. The molecule has 0 aliphatic heterocycles. The van der Waals surface area contributed by atoms with Gasteiger partial charge in [0, 0.05) is 12.4 Å². The van der Waals surface area contributed by atoms with Gasteiger partial charge in [-0.15, -0.1) is 0 Å². The fourth-order valence-electron chi connectivity index (χ4n) is 2.06. The Morgan fingerprint density at radius 3 is 2.74 bits per heavy atom. The molecule has 0 aliphatic rings. The number of nitro groups is 1. The number of nitrogens with zero attached hydrogens (tertiary/aromatic N) is 5. The van der Waals surface area contributed by atoms with Crippen molar-refractivity contribution in [2.24, 2.45) is 0 Å². The number of amides is 1. The predicted octanol–water partition coefficient (Wildman–Crippen LogP) is 1.62. The van der Waals surface area contributed by atoms with Crippen molar-refractivity contribution < 1.29 is 9.72 Å². The highest BCUT2D eigenvalue weighted by Gasteiger charge is 2.14. The molecule has 0 aliphatic carbocycles. The van der Waals surface area contributed by atoms with Gasteiger partial charge in [-0.2, -0.15) is 9.78 Å². The molecule has 0 spiro atoms. The highest BCUT2D eigenvalue weighted by atomic mass is 16.6. The second kappa shape index (κ2) is 6.10. The molecule has 23 heavy (non-hydrogen) atoms. The van der Waals surface area contributed by atoms with Crippen molar-refractivity contribution in [2.45, 2.75) is 6.54 Å². The molecule has 0 saturated carbocycles. The molecular weight excluding hydrogens is 300 g/mol. The van der Waals surface area contributed by atoms with E-state index in [0.717, 1.165) is 5.69 Å². The fraction of sp³-hybridized carbons (Fsp3) is 0.0714. The molecule has 2 heterocycles. The van der Waals surface area contributed by atoms with Crippen LogP contribution in [-0.2, 0) is 11.3 Å². The molecule has 116 valence electrons. The van der Waals surface area contributed by atoms with E-state index in [1.807, 2.05) is 12.1 Å². The largest absolute Gasteiger partial charge is 0.389 e. The third-order valence-corrected chi connectivity index (χ3v) is 3.05. The van der Waals surface area contributed by atoms with E-state index in [9.17, 15) is 14.9 Å². The molecule has 2 aromatic heterocycles. The summed E-state index contributed by atoms with van der Waals surface area (Å²) in [6.07, 6.45) is 4.79. The van der Waals surface area contributed by atoms with Gasteiger partial charge in [0.25, 0.3) is 0 Å². The molecule has 0 fully saturated rings. The van der Waals surface area contributed by atoms with Gasteiger partial charge in [-0.05, 0) is 23.1 Å². The van der Waals surface area contributed by atoms with Crippen LogP contribution < -0.4 is 5.32 Å². The first-order valence-corrected chi connectivity index (χ1v) is 6.70. The Kier molecular flexibility index (Phi) is 3.83. The summed E-state index contributed by atoms with van der Waals surface area (Å²) in [4.78, 5) is 22.1. The first-order valence-electron chi connectivity index (χ1n) is 6.70. The van der Waals surface area contributed by atoms with E-state index in [0.29, 0.717) is 5.69 Å². The van der Waals surface area contributed by atoms with Gasteiger partial charge >= 0.3 is 5.82 Å². The van der Waals surface area contributed by atoms with E-state index < -0.39 is 4.92 Å². The summed E-state index contributed by atoms with van der Waals surface area (Å²) in [5, 5.41) is 21.2. The number of carbonyl (C=O) groups excluding carboxylic acids is 1. The molecule has 1 N–H and O–H groups in total. The SMILES string of the molecule is O=C(Cn1ccc([N+](=O)[O-])n1)Nc1ccccc1-n1cccn1. The van der Waals surface area contributed by atoms with Crippen molar-refractivity contribution >= 4 is 17.4 Å². The van der Waals surface area contributed by atoms with Gasteiger partial charge < -0.3 is 15.4 Å². The molecule has 3 rings (SSSR count). The molecule has 0 atom stereocenters. The summed E-state index contributed by atoms with van der Waals surface area (Å²) in [7, 11) is 0. The molecule has 3 aromatic rings. The first-order chi connectivity index (χ1) is 11.1. The van der Waals surface area contributed by atoms with Crippen molar-refractivity contribution in [3.8, 4) is 5.69 Å². The third-order valence-electron chi connectivity index (χ3n) is 3.05. The zero-order valence-corrected chi connectivity index (χ0v) is 11.9. The number of rotatable bonds is 5. The van der Waals surface area contributed by atoms with Crippen molar-refractivity contribution in [1.82, 2.24) is 19.6 Å². The van der Waals surface area contributed by atoms with Gasteiger partial charge in [0.2, 0.25) is 5.91 Å². The van der Waals surface area contributed by atoms with Gasteiger partial charge in [0.1, 0.15) is 6.54 Å². The number of carbonyl (C=O) groups is 1. The Hall–Kier alpha value is -3.49. The van der Waals surface area contributed by atoms with Crippen molar-refractivity contribution in [1.29, 1.82) is 0 Å². The summed E-state index contributed by atoms with van der Waals surface area (Å²) in [6, 6.07) is 10.2. The van der Waals surface area contributed by atoms with Crippen LogP contribution >= 0.6 is 0 Å². The summed E-state index contributed by atoms with van der Waals surface area (Å²) >= 11 is 0. The lowest BCUT2D eigenvalue weighted by Gasteiger charge is -2.10. The van der Waals surface area contributed by atoms with Crippen molar-refractivity contribution in [3.05, 3.63) is 65.1 Å². The van der Waals surface area contributed by atoms with E-state index >= 15 is 0 Å². The topological polar surface area (TPSA) is 108 Å². The number of benzene rings is 1. The molecule has 0 bridgehead atoms. The maximum Gasteiger partial charge on any atom is 0.389 e. The van der Waals surface area contributed by atoms with Crippen LogP contribution in [0.4, 0.5) is 11.5 Å². The molecule has 9 heteroatoms. The van der Waals surface area contributed by atoms with Gasteiger partial charge in [-0.1, -0.05) is 12.1 Å². The summed E-state index contributed by atoms with van der Waals surface area (Å²) in [6.45, 7) is -0.124. The van der Waals surface area contributed by atoms with E-state index in [1.165, 1.54) is 16.9 Å². The second-order valence-electron chi connectivity index (χ2n) is 4.64. The van der Waals surface area contributed by atoms with Crippen LogP contribution in [0.2, 0.25) is 0 Å². The average Bonchev–Trinajstić information content (AvgIpc) is 3.19. The number of aromatic nitrogens is 4. The standard InChI is InChI=1S/C14H12N6O3/c21-14(10-18-9-6-13(17-18)20(22)23)16-11-4-1-2-5-12(11)19-8-3-7-15-19/h1-9H,10H2,(H,16,21). The molecule has 0 unspecified atom stereocenters. The lowest BCUT2D eigenvalue weighted by atomic mass is 10.2. The minimum Gasteiger partial charge on any atom is -0.358 e. The lowest BCUT2D eigenvalue weighted by Crippen LogP contribution is -2.20. The molecule has 1 aromatic carbocycles. The minimum absolute atomic E-state index is 0.124. The van der Waals surface area contributed by atoms with E-state index in [1.54, 1.807) is 35.3 Å². The Morgan fingerprint density at radius 1 is 1.22 bits per heavy atom. The quantitative estimate of drug-likeness (QED) is 0.569. The maximum absolute atomic E-state index is 12.1. The van der Waals surface area contributed by atoms with Crippen LogP contribution in [-0.4, -0.2) is 30.4 Å². The monoisotopic (exact) mass is 312 g/mol. The number of anilines is 1. The van der Waals surface area contributed by atoms with E-state index in [2.05, 4.69) is 15.5 Å². The molecular formula is C14H12N6O3. The van der Waals surface area contributed by atoms with E-state index in [4.69, 9.17) is 0 Å². The Balaban J connectivity index is 1.74. The Labute approximate surface area is 130 Å². The van der Waals surface area contributed by atoms with Crippen molar-refractivity contribution in [2.75, 3.05) is 5.32 Å². The van der Waals surface area contributed by atoms with Crippen molar-refractivity contribution in [3.63, 3.8) is 0 Å². The van der Waals surface area contributed by atoms with Crippen LogP contribution in [0.1, 0.15) is 0 Å². The summed E-state index contributed by atoms with van der Waals surface area (Å²) in [5.74, 6) is -0.641. The van der Waals surface area contributed by atoms with Crippen LogP contribution in [0, 0.1) is 10.1 Å². The van der Waals surface area contributed by atoms with Gasteiger partial charge in [-0.3, -0.25) is 4.79 Å². The normalized spacial score (nSPS) is 10.4. The molecule has 1 amide bonds. The minimum atomic E-state index is -0.610. The predicted molar refractivity (Wildman–Crippen MR) is 81.1 cm³/mol. The zero-order valence-electron chi connectivity index (χ0n) is 11.9. The highest BCUT2D eigenvalue weighted by Crippen LogP contribution is 2.19. The number of hydrogen-bond donors (Lipinski definition) is 1. The maximum atomic E-state index is 12.1. The fourth-order valence-corrected chi connectivity index (χ4v) is 2.06. The molecule has 9 nitrogen and oxygen atoms in total. The highest BCUT2D eigenvalue weighted by molar-refractivity contribution is 5.92. The Morgan fingerprint density at radius 2 is 2.04 bits per heavy atom. The number of hydrogen-bond acceptors (Lipinski definition) is 5. The first kappa shape index (κ1) is 14.4. The second-order valence-corrected chi connectivity index (χ2v) is 4.64. The molecule has 0 radical (unpaired) electrons. The summed E-state index contributed by atoms with van der Waals surface area (Å²) < 4.78 is 2.85. The molecule has 0 saturated heterocycles. The van der Waals surface area contributed by atoms with Crippen LogP contribution in [0.15, 0.2) is 55.0 Å². The lowest BCUT2D eigenvalue weighted by molar-refractivity contribution is -0.389. The van der Waals surface area contributed by atoms with E-state index in [-0.39, 0.29) is 18.3 Å². The summed E-state index contributed by atoms with van der Waals surface area (Å²) in [5.41, 5.74) is 1.31. The number of nitrogens with one attached hydrogen (secondary N) is 1. The average molecular weight is 312 g/mol. The smallest absolute Gasteiger partial charge is 0.358 e. The van der Waals surface area contributed by atoms with Crippen LogP contribution in [0.25, 0.3) is 5.69 Å². The number of para-hydroxylation sites is 2.